The van der Waals surface area contributed by atoms with Gasteiger partial charge >= 0.3 is 5.97 Å². The number of nitrogens with one attached hydrogen (secondary N) is 2. The van der Waals surface area contributed by atoms with Gasteiger partial charge in [-0.2, -0.15) is 5.48 Å². The van der Waals surface area contributed by atoms with Crippen molar-refractivity contribution in [3.05, 3.63) is 24.0 Å². The maximum atomic E-state index is 13.2. The minimum atomic E-state index is -2.10. The first-order chi connectivity index (χ1) is 16.7. The van der Waals surface area contributed by atoms with Gasteiger partial charge in [-0.15, -0.1) is 0 Å². The first kappa shape index (κ1) is 24.7. The zero-order chi connectivity index (χ0) is 26.3. The predicted octanol–water partition coefficient (Wildman–Crippen LogP) is 0.411. The molecule has 1 saturated carbocycles. The van der Waals surface area contributed by atoms with Crippen LogP contribution >= 0.6 is 0 Å². The van der Waals surface area contributed by atoms with E-state index in [1.807, 2.05) is 6.92 Å². The van der Waals surface area contributed by atoms with Crippen molar-refractivity contribution in [2.24, 2.45) is 22.7 Å². The van der Waals surface area contributed by atoms with Crippen LogP contribution < -0.4 is 5.48 Å². The van der Waals surface area contributed by atoms with Crippen molar-refractivity contribution in [2.45, 2.75) is 101 Å². The van der Waals surface area contributed by atoms with E-state index in [-0.39, 0.29) is 24.5 Å². The van der Waals surface area contributed by atoms with Crippen LogP contribution in [0.4, 0.5) is 0 Å². The molecule has 0 aromatic carbocycles. The van der Waals surface area contributed by atoms with E-state index < -0.39 is 69.3 Å². The third-order valence-corrected chi connectivity index (χ3v) is 11.0. The minimum Gasteiger partial charge on any atom is -0.450 e. The van der Waals surface area contributed by atoms with E-state index in [2.05, 4.69) is 10.5 Å². The fourth-order valence-corrected chi connectivity index (χ4v) is 8.93. The van der Waals surface area contributed by atoms with Gasteiger partial charge in [-0.05, 0) is 43.7 Å². The summed E-state index contributed by atoms with van der Waals surface area (Å²) in [6, 6.07) is 3.13. The highest BCUT2D eigenvalue weighted by Gasteiger charge is 2.99. The molecule has 1 aromatic rings. The Labute approximate surface area is 208 Å². The molecule has 0 radical (unpaired) electrons. The van der Waals surface area contributed by atoms with Crippen LogP contribution in [0.3, 0.4) is 0 Å². The third kappa shape index (κ3) is 2.07. The van der Waals surface area contributed by atoms with Crippen LogP contribution in [0.25, 0.3) is 0 Å². The molecule has 7 N–H and O–H groups in total. The lowest BCUT2D eigenvalue weighted by molar-refractivity contribution is -0.470. The number of ether oxygens (including phenoxy) is 3. The second-order valence-electron chi connectivity index (χ2n) is 12.4. The number of hydroxylamine groups is 1. The molecule has 1 aliphatic carbocycles. The molecule has 200 valence electrons. The lowest BCUT2D eigenvalue weighted by Crippen LogP contribution is -2.93. The van der Waals surface area contributed by atoms with Gasteiger partial charge in [-0.25, -0.2) is 4.79 Å². The van der Waals surface area contributed by atoms with Crippen LogP contribution in [0.2, 0.25) is 0 Å². The van der Waals surface area contributed by atoms with E-state index in [1.54, 1.807) is 40.0 Å². The van der Waals surface area contributed by atoms with Crippen LogP contribution in [-0.2, 0) is 14.2 Å². The zero-order valence-electron chi connectivity index (χ0n) is 21.1. The molecule has 1 aromatic heterocycles. The molecule has 5 heterocycles. The van der Waals surface area contributed by atoms with E-state index in [9.17, 15) is 30.4 Å². The summed E-state index contributed by atoms with van der Waals surface area (Å²) >= 11 is 0. The van der Waals surface area contributed by atoms with Gasteiger partial charge < -0.3 is 44.8 Å². The number of esters is 1. The number of aromatic nitrogens is 1. The van der Waals surface area contributed by atoms with Crippen molar-refractivity contribution in [3.63, 3.8) is 0 Å². The number of fused-ring (bicyclic) bond motifs is 4. The second kappa shape index (κ2) is 6.70. The highest BCUT2D eigenvalue weighted by atomic mass is 16.7. The molecule has 4 unspecified atom stereocenters. The summed E-state index contributed by atoms with van der Waals surface area (Å²) in [6.45, 7) is 8.47. The topological polar surface area (TPSA) is 174 Å². The fourth-order valence-electron chi connectivity index (χ4n) is 8.93. The lowest BCUT2D eigenvalue weighted by atomic mass is 9.44. The van der Waals surface area contributed by atoms with Gasteiger partial charge in [0.15, 0.2) is 23.2 Å². The molecule has 11 nitrogen and oxygen atoms in total. The second-order valence-corrected chi connectivity index (χ2v) is 12.4. The molecule has 4 aliphatic heterocycles. The van der Waals surface area contributed by atoms with Gasteiger partial charge in [0, 0.05) is 12.6 Å². The zero-order valence-corrected chi connectivity index (χ0v) is 21.1. The number of carbonyl (C=O) groups excluding carboxylic acids is 1. The standard InChI is InChI=1S/C25H36N2O9/c1-12(2)23(32)18(34-16(29)14-7-6-10-26-14)25(27-33)19(4)11-22(31)20(23,5)17(35-25)24(36-22)15(28)13(3)8-9-21(19,24)30/h6-7,10,12-13,15,17-18,26-28,30-33H,8-9,11H2,1-5H3/t13?,15?,17?,18?,19-,20-,21-,22-,23+,24-,25-/m0/s1. The third-order valence-electron chi connectivity index (χ3n) is 11.0. The van der Waals surface area contributed by atoms with Crippen molar-refractivity contribution in [1.82, 2.24) is 10.5 Å². The van der Waals surface area contributed by atoms with Crippen molar-refractivity contribution < 1.29 is 44.6 Å². The van der Waals surface area contributed by atoms with Gasteiger partial charge in [0.2, 0.25) is 0 Å². The van der Waals surface area contributed by atoms with Crippen molar-refractivity contribution in [2.75, 3.05) is 0 Å². The fraction of sp³-hybridized carbons (Fsp3) is 0.800. The molecular formula is C25H36N2O9. The molecule has 4 saturated heterocycles. The van der Waals surface area contributed by atoms with Gasteiger partial charge in [-0.3, -0.25) is 0 Å². The van der Waals surface area contributed by atoms with E-state index in [4.69, 9.17) is 14.2 Å². The number of hydrogen-bond donors (Lipinski definition) is 7. The van der Waals surface area contributed by atoms with Gasteiger partial charge in [0.25, 0.3) is 0 Å². The number of aliphatic hydroxyl groups is 4. The maximum Gasteiger partial charge on any atom is 0.355 e. The molecular weight excluding hydrogens is 472 g/mol. The Bertz CT molecular complexity index is 1120. The van der Waals surface area contributed by atoms with Crippen LogP contribution in [0.5, 0.6) is 0 Å². The summed E-state index contributed by atoms with van der Waals surface area (Å²) in [6.07, 6.45) is -2.18. The van der Waals surface area contributed by atoms with E-state index in [0.717, 1.165) is 0 Å². The Morgan fingerprint density at radius 3 is 2.56 bits per heavy atom. The summed E-state index contributed by atoms with van der Waals surface area (Å²) < 4.78 is 18.9. The molecule has 5 aliphatic rings. The molecule has 11 heteroatoms. The lowest BCUT2D eigenvalue weighted by Gasteiger charge is -2.74. The average Bonchev–Trinajstić information content (AvgIpc) is 3.39. The first-order valence-corrected chi connectivity index (χ1v) is 12.7. The Balaban J connectivity index is 1.66. The highest BCUT2D eigenvalue weighted by Crippen LogP contribution is 2.82. The molecule has 11 atom stereocenters. The normalized spacial score (nSPS) is 56.8. The van der Waals surface area contributed by atoms with Crippen LogP contribution in [0.15, 0.2) is 18.3 Å². The summed E-state index contributed by atoms with van der Waals surface area (Å²) in [5, 5.41) is 59.9. The molecule has 6 rings (SSSR count). The van der Waals surface area contributed by atoms with Crippen molar-refractivity contribution >= 4 is 5.97 Å². The summed E-state index contributed by atoms with van der Waals surface area (Å²) in [7, 11) is 0. The average molecular weight is 509 g/mol. The Morgan fingerprint density at radius 1 is 1.28 bits per heavy atom. The number of hydrogen-bond acceptors (Lipinski definition) is 10. The Kier molecular flexibility index (Phi) is 4.61. The van der Waals surface area contributed by atoms with Gasteiger partial charge in [-0.1, -0.05) is 27.7 Å². The Morgan fingerprint density at radius 2 is 1.97 bits per heavy atom. The molecule has 36 heavy (non-hydrogen) atoms. The maximum absolute atomic E-state index is 13.2. The molecule has 0 amide bonds. The summed E-state index contributed by atoms with van der Waals surface area (Å²) in [4.78, 5) is 16.0. The van der Waals surface area contributed by atoms with E-state index >= 15 is 0 Å². The molecule has 1 spiro atoms. The number of aromatic amines is 1. The van der Waals surface area contributed by atoms with Gasteiger partial charge in [0.1, 0.15) is 23.0 Å². The van der Waals surface area contributed by atoms with Crippen LogP contribution in [0.1, 0.15) is 64.4 Å². The van der Waals surface area contributed by atoms with Crippen LogP contribution in [-0.4, -0.2) is 83.2 Å². The minimum absolute atomic E-state index is 0.117. The van der Waals surface area contributed by atoms with Crippen molar-refractivity contribution in [3.8, 4) is 0 Å². The van der Waals surface area contributed by atoms with Crippen LogP contribution in [0, 0.1) is 22.7 Å². The number of aliphatic hydroxyl groups excluding tert-OH is 1. The summed E-state index contributed by atoms with van der Waals surface area (Å²) in [5.74, 6) is -3.85. The number of H-pyrrole nitrogens is 1. The van der Waals surface area contributed by atoms with E-state index in [1.165, 1.54) is 6.07 Å². The quantitative estimate of drug-likeness (QED) is 0.223. The number of rotatable bonds is 4. The molecule has 5 bridgehead atoms. The highest BCUT2D eigenvalue weighted by molar-refractivity contribution is 5.87. The summed E-state index contributed by atoms with van der Waals surface area (Å²) in [5.41, 5.74) is -8.64. The SMILES string of the molecule is CC1CC[C@@]2(O)[C@]3(O[C@@]4(O)C[C@]2(C)[C@@]2(NO)OC3[C@]4(C)[C@@](O)(C(C)C)C2OC(=O)c2ccc[nH]2)C1O. The smallest absolute Gasteiger partial charge is 0.355 e. The first-order valence-electron chi connectivity index (χ1n) is 12.7. The largest absolute Gasteiger partial charge is 0.450 e. The Hall–Kier alpha value is -1.57. The predicted molar refractivity (Wildman–Crippen MR) is 121 cm³/mol. The molecule has 5 fully saturated rings. The van der Waals surface area contributed by atoms with Crippen molar-refractivity contribution in [1.29, 1.82) is 0 Å². The monoisotopic (exact) mass is 508 g/mol. The van der Waals surface area contributed by atoms with E-state index in [0.29, 0.717) is 6.42 Å². The van der Waals surface area contributed by atoms with Gasteiger partial charge in [0.05, 0.1) is 16.9 Å². The number of carbonyl (C=O) groups is 1.